The molecule has 0 radical (unpaired) electrons. The molecule has 1 N–H and O–H groups in total. The van der Waals surface area contributed by atoms with E-state index in [4.69, 9.17) is 0 Å². The van der Waals surface area contributed by atoms with Crippen LogP contribution >= 0.6 is 0 Å². The van der Waals surface area contributed by atoms with Gasteiger partial charge in [0, 0.05) is 31.1 Å². The maximum Gasteiger partial charge on any atom is 0.224 e. The first-order valence-corrected chi connectivity index (χ1v) is 6.86. The molecule has 17 heavy (non-hydrogen) atoms. The minimum absolute atomic E-state index is 0.0983. The molecule has 100 valence electrons. The average molecular weight is 240 g/mol. The van der Waals surface area contributed by atoms with Gasteiger partial charge < -0.3 is 10.2 Å². The second kappa shape index (κ2) is 5.85. The summed E-state index contributed by atoms with van der Waals surface area (Å²) in [7, 11) is 0. The normalized spacial score (nSPS) is 26.1. The molecule has 3 nitrogen and oxygen atoms in total. The first-order valence-electron chi connectivity index (χ1n) is 6.86. The molecule has 0 aromatic carbocycles. The second-order valence-electron chi connectivity index (χ2n) is 6.37. The van der Waals surface area contributed by atoms with Gasteiger partial charge in [-0.25, -0.2) is 0 Å². The maximum absolute atomic E-state index is 12.1. The van der Waals surface area contributed by atoms with Gasteiger partial charge in [-0.1, -0.05) is 6.92 Å². The summed E-state index contributed by atoms with van der Waals surface area (Å²) in [6.07, 6.45) is 3.03. The fraction of sp³-hybridized carbons (Fsp3) is 0.929. The highest BCUT2D eigenvalue weighted by molar-refractivity contribution is 5.76. The number of carbonyl (C=O) groups excluding carboxylic acids is 1. The molecular weight excluding hydrogens is 212 g/mol. The zero-order chi connectivity index (χ0) is 13.1. The summed E-state index contributed by atoms with van der Waals surface area (Å²) < 4.78 is 0. The van der Waals surface area contributed by atoms with E-state index in [0.717, 1.165) is 19.5 Å². The smallest absolute Gasteiger partial charge is 0.224 e. The van der Waals surface area contributed by atoms with Gasteiger partial charge in [-0.3, -0.25) is 4.79 Å². The van der Waals surface area contributed by atoms with Crippen molar-refractivity contribution in [2.24, 2.45) is 5.92 Å². The van der Waals surface area contributed by atoms with Crippen LogP contribution in [0, 0.1) is 5.92 Å². The standard InChI is InChI=1S/C14H28N2O/c1-11-7-6-10-16(12(11)2)13(17)8-9-15-14(3,4)5/h11-12,15H,6-10H2,1-5H3. The lowest BCUT2D eigenvalue weighted by atomic mass is 9.92. The molecule has 0 bridgehead atoms. The van der Waals surface area contributed by atoms with Crippen molar-refractivity contribution >= 4 is 5.91 Å². The number of carbonyl (C=O) groups is 1. The zero-order valence-corrected chi connectivity index (χ0v) is 12.0. The van der Waals surface area contributed by atoms with Gasteiger partial charge in [0.05, 0.1) is 0 Å². The Labute approximate surface area is 106 Å². The van der Waals surface area contributed by atoms with Crippen molar-refractivity contribution in [2.75, 3.05) is 13.1 Å². The van der Waals surface area contributed by atoms with Gasteiger partial charge in [0.25, 0.3) is 0 Å². The summed E-state index contributed by atoms with van der Waals surface area (Å²) in [4.78, 5) is 14.2. The van der Waals surface area contributed by atoms with Crippen LogP contribution < -0.4 is 5.32 Å². The summed E-state index contributed by atoms with van der Waals surface area (Å²) in [6, 6.07) is 0.408. The van der Waals surface area contributed by atoms with Gasteiger partial charge in [0.1, 0.15) is 0 Å². The molecule has 1 saturated heterocycles. The van der Waals surface area contributed by atoms with Crippen LogP contribution in [0.2, 0.25) is 0 Å². The third-order valence-electron chi connectivity index (χ3n) is 3.69. The lowest BCUT2D eigenvalue weighted by molar-refractivity contribution is -0.135. The summed E-state index contributed by atoms with van der Waals surface area (Å²) in [5, 5.41) is 3.37. The van der Waals surface area contributed by atoms with Crippen molar-refractivity contribution in [3.63, 3.8) is 0 Å². The predicted molar refractivity (Wildman–Crippen MR) is 71.9 cm³/mol. The highest BCUT2D eigenvalue weighted by Gasteiger charge is 2.27. The molecule has 3 heteroatoms. The predicted octanol–water partition coefficient (Wildman–Crippen LogP) is 2.41. The van der Waals surface area contributed by atoms with Crippen molar-refractivity contribution < 1.29 is 4.79 Å². The molecule has 0 aromatic heterocycles. The van der Waals surface area contributed by atoms with Gasteiger partial charge in [0.15, 0.2) is 0 Å². The van der Waals surface area contributed by atoms with Crippen LogP contribution in [0.25, 0.3) is 0 Å². The minimum Gasteiger partial charge on any atom is -0.340 e. The zero-order valence-electron chi connectivity index (χ0n) is 12.0. The minimum atomic E-state index is 0.0983. The van der Waals surface area contributed by atoms with E-state index >= 15 is 0 Å². The Bertz CT molecular complexity index is 257. The topological polar surface area (TPSA) is 32.3 Å². The Balaban J connectivity index is 2.37. The average Bonchev–Trinajstić information content (AvgIpc) is 2.20. The van der Waals surface area contributed by atoms with E-state index in [1.807, 2.05) is 0 Å². The molecule has 1 aliphatic rings. The van der Waals surface area contributed by atoms with E-state index in [0.29, 0.717) is 24.3 Å². The molecule has 0 spiro atoms. The molecule has 1 aliphatic heterocycles. The molecule has 2 unspecified atom stereocenters. The van der Waals surface area contributed by atoms with Crippen molar-refractivity contribution in [3.05, 3.63) is 0 Å². The van der Waals surface area contributed by atoms with Crippen molar-refractivity contribution in [1.82, 2.24) is 10.2 Å². The molecule has 1 heterocycles. The number of hydrogen-bond acceptors (Lipinski definition) is 2. The highest BCUT2D eigenvalue weighted by atomic mass is 16.2. The Kier molecular flexibility index (Phi) is 4.99. The lowest BCUT2D eigenvalue weighted by Gasteiger charge is -2.38. The Morgan fingerprint density at radius 3 is 2.59 bits per heavy atom. The fourth-order valence-corrected chi connectivity index (χ4v) is 2.38. The summed E-state index contributed by atoms with van der Waals surface area (Å²) in [5.74, 6) is 0.948. The lowest BCUT2D eigenvalue weighted by Crippen LogP contribution is -2.47. The van der Waals surface area contributed by atoms with E-state index in [1.54, 1.807) is 0 Å². The molecule has 2 atom stereocenters. The van der Waals surface area contributed by atoms with Crippen LogP contribution in [0.15, 0.2) is 0 Å². The van der Waals surface area contributed by atoms with Crippen LogP contribution in [0.1, 0.15) is 53.9 Å². The highest BCUT2D eigenvalue weighted by Crippen LogP contribution is 2.23. The first kappa shape index (κ1) is 14.5. The molecule has 0 aliphatic carbocycles. The van der Waals surface area contributed by atoms with Crippen LogP contribution in [0.4, 0.5) is 0 Å². The number of rotatable bonds is 3. The SMILES string of the molecule is CC1CCCN(C(=O)CCNC(C)(C)C)C1C. The Morgan fingerprint density at radius 1 is 1.35 bits per heavy atom. The van der Waals surface area contributed by atoms with E-state index in [1.165, 1.54) is 6.42 Å². The van der Waals surface area contributed by atoms with E-state index < -0.39 is 0 Å². The van der Waals surface area contributed by atoms with Crippen LogP contribution in [0.5, 0.6) is 0 Å². The number of likely N-dealkylation sites (tertiary alicyclic amines) is 1. The number of nitrogens with zero attached hydrogens (tertiary/aromatic N) is 1. The molecule has 1 rings (SSSR count). The number of piperidine rings is 1. The van der Waals surface area contributed by atoms with Crippen molar-refractivity contribution in [3.8, 4) is 0 Å². The van der Waals surface area contributed by atoms with E-state index in [2.05, 4.69) is 44.8 Å². The van der Waals surface area contributed by atoms with Crippen LogP contribution in [0.3, 0.4) is 0 Å². The summed E-state index contributed by atoms with van der Waals surface area (Å²) in [5.41, 5.74) is 0.0983. The van der Waals surface area contributed by atoms with Crippen molar-refractivity contribution in [1.29, 1.82) is 0 Å². The van der Waals surface area contributed by atoms with Crippen molar-refractivity contribution in [2.45, 2.75) is 65.5 Å². The monoisotopic (exact) mass is 240 g/mol. The Morgan fingerprint density at radius 2 is 2.00 bits per heavy atom. The Hall–Kier alpha value is -0.570. The largest absolute Gasteiger partial charge is 0.340 e. The summed E-state index contributed by atoms with van der Waals surface area (Å²) >= 11 is 0. The van der Waals surface area contributed by atoms with Crippen LogP contribution in [-0.2, 0) is 4.79 Å². The van der Waals surface area contributed by atoms with Crippen LogP contribution in [-0.4, -0.2) is 35.5 Å². The maximum atomic E-state index is 12.1. The van der Waals surface area contributed by atoms with Gasteiger partial charge in [-0.15, -0.1) is 0 Å². The fourth-order valence-electron chi connectivity index (χ4n) is 2.38. The third-order valence-corrected chi connectivity index (χ3v) is 3.69. The molecule has 0 saturated carbocycles. The molecule has 0 aromatic rings. The van der Waals surface area contributed by atoms with E-state index in [9.17, 15) is 4.79 Å². The molecule has 1 fully saturated rings. The third kappa shape index (κ3) is 4.66. The van der Waals surface area contributed by atoms with Gasteiger partial charge in [0.2, 0.25) is 5.91 Å². The quantitative estimate of drug-likeness (QED) is 0.821. The van der Waals surface area contributed by atoms with Gasteiger partial charge in [-0.05, 0) is 46.5 Å². The van der Waals surface area contributed by atoms with Gasteiger partial charge >= 0.3 is 0 Å². The molecular formula is C14H28N2O. The van der Waals surface area contributed by atoms with Gasteiger partial charge in [-0.2, -0.15) is 0 Å². The number of amides is 1. The number of nitrogens with one attached hydrogen (secondary N) is 1. The molecule has 1 amide bonds. The number of hydrogen-bond donors (Lipinski definition) is 1. The second-order valence-corrected chi connectivity index (χ2v) is 6.37. The van der Waals surface area contributed by atoms with E-state index in [-0.39, 0.29) is 5.54 Å². The first-order chi connectivity index (χ1) is 7.81. The summed E-state index contributed by atoms with van der Waals surface area (Å²) in [6.45, 7) is 12.5.